The second-order valence-electron chi connectivity index (χ2n) is 5.53. The summed E-state index contributed by atoms with van der Waals surface area (Å²) in [4.78, 5) is 14.8. The quantitative estimate of drug-likeness (QED) is 0.780. The van der Waals surface area contributed by atoms with Crippen molar-refractivity contribution in [2.24, 2.45) is 0 Å². The van der Waals surface area contributed by atoms with Gasteiger partial charge in [-0.25, -0.2) is 22.4 Å². The number of halogens is 4. The highest BCUT2D eigenvalue weighted by Crippen LogP contribution is 2.21. The first-order valence-corrected chi connectivity index (χ1v) is 7.37. The molecule has 1 saturated heterocycles. The highest BCUT2D eigenvalue weighted by atomic mass is 19.1. The minimum atomic E-state index is -0.735. The zero-order valence-corrected chi connectivity index (χ0v) is 12.6. The standard InChI is InChI=1S/C17H14F4N2O/c18-13-3-1-4-14(19)11(13)9-22-7-8-23(17(22)24)10-12-15(20)5-2-6-16(12)21/h1-6H,7-10H2. The summed E-state index contributed by atoms with van der Waals surface area (Å²) in [7, 11) is 0. The number of nitrogens with zero attached hydrogens (tertiary/aromatic N) is 2. The van der Waals surface area contributed by atoms with Gasteiger partial charge in [0, 0.05) is 24.2 Å². The van der Waals surface area contributed by atoms with Crippen LogP contribution in [0, 0.1) is 23.3 Å². The first kappa shape index (κ1) is 16.3. The fraction of sp³-hybridized carbons (Fsp3) is 0.235. The molecule has 2 aromatic carbocycles. The molecule has 7 heteroatoms. The van der Waals surface area contributed by atoms with Crippen molar-refractivity contribution in [1.29, 1.82) is 0 Å². The molecule has 0 N–H and O–H groups in total. The maximum Gasteiger partial charge on any atom is 0.320 e. The Balaban J connectivity index is 1.74. The van der Waals surface area contributed by atoms with Crippen LogP contribution in [-0.4, -0.2) is 28.9 Å². The Morgan fingerprint density at radius 1 is 0.708 bits per heavy atom. The molecule has 0 atom stereocenters. The third kappa shape index (κ3) is 3.06. The molecular formula is C17H14F4N2O. The molecule has 0 radical (unpaired) electrons. The minimum absolute atomic E-state index is 0.204. The SMILES string of the molecule is O=C1N(Cc2c(F)cccc2F)CCN1Cc1c(F)cccc1F. The number of benzene rings is 2. The number of carbonyl (C=O) groups excluding carboxylic acids is 1. The monoisotopic (exact) mass is 338 g/mol. The second kappa shape index (κ2) is 6.51. The van der Waals surface area contributed by atoms with E-state index in [4.69, 9.17) is 0 Å². The van der Waals surface area contributed by atoms with Gasteiger partial charge in [-0.15, -0.1) is 0 Å². The van der Waals surface area contributed by atoms with Gasteiger partial charge in [0.25, 0.3) is 0 Å². The van der Waals surface area contributed by atoms with E-state index in [1.165, 1.54) is 21.9 Å². The van der Waals surface area contributed by atoms with Crippen LogP contribution in [0.25, 0.3) is 0 Å². The molecule has 0 unspecified atom stereocenters. The number of urea groups is 1. The van der Waals surface area contributed by atoms with E-state index in [-0.39, 0.29) is 37.3 Å². The summed E-state index contributed by atoms with van der Waals surface area (Å²) in [6, 6.07) is 6.44. The minimum Gasteiger partial charge on any atom is -0.318 e. The summed E-state index contributed by atoms with van der Waals surface area (Å²) in [6.45, 7) is -0.00739. The van der Waals surface area contributed by atoms with E-state index < -0.39 is 29.3 Å². The highest BCUT2D eigenvalue weighted by molar-refractivity contribution is 5.76. The van der Waals surface area contributed by atoms with Crippen LogP contribution in [-0.2, 0) is 13.1 Å². The lowest BCUT2D eigenvalue weighted by molar-refractivity contribution is 0.187. The van der Waals surface area contributed by atoms with Crippen molar-refractivity contribution in [3.8, 4) is 0 Å². The maximum absolute atomic E-state index is 13.7. The number of carbonyl (C=O) groups is 1. The molecule has 2 amide bonds. The molecule has 1 fully saturated rings. The summed E-state index contributed by atoms with van der Waals surface area (Å²) >= 11 is 0. The first-order chi connectivity index (χ1) is 11.5. The van der Waals surface area contributed by atoms with Gasteiger partial charge in [-0.2, -0.15) is 0 Å². The molecule has 0 aromatic heterocycles. The molecule has 0 spiro atoms. The van der Waals surface area contributed by atoms with Crippen molar-refractivity contribution in [2.75, 3.05) is 13.1 Å². The van der Waals surface area contributed by atoms with Crippen LogP contribution < -0.4 is 0 Å². The van der Waals surface area contributed by atoms with E-state index in [1.54, 1.807) is 0 Å². The number of hydrogen-bond donors (Lipinski definition) is 0. The summed E-state index contributed by atoms with van der Waals surface area (Å²) < 4.78 is 54.8. The molecule has 2 aromatic rings. The van der Waals surface area contributed by atoms with E-state index in [0.29, 0.717) is 0 Å². The maximum atomic E-state index is 13.7. The third-order valence-corrected chi connectivity index (χ3v) is 4.00. The molecule has 1 aliphatic rings. The summed E-state index contributed by atoms with van der Waals surface area (Å²) in [5.74, 6) is -2.94. The Morgan fingerprint density at radius 3 is 1.38 bits per heavy atom. The molecule has 0 bridgehead atoms. The second-order valence-corrected chi connectivity index (χ2v) is 5.53. The topological polar surface area (TPSA) is 23.6 Å². The van der Waals surface area contributed by atoms with Crippen molar-refractivity contribution < 1.29 is 22.4 Å². The van der Waals surface area contributed by atoms with Crippen molar-refractivity contribution >= 4 is 6.03 Å². The molecule has 24 heavy (non-hydrogen) atoms. The fourth-order valence-corrected chi connectivity index (χ4v) is 2.67. The zero-order valence-electron chi connectivity index (χ0n) is 12.6. The first-order valence-electron chi connectivity index (χ1n) is 7.37. The number of rotatable bonds is 4. The Labute approximate surface area is 136 Å². The van der Waals surface area contributed by atoms with Gasteiger partial charge < -0.3 is 9.80 Å². The highest BCUT2D eigenvalue weighted by Gasteiger charge is 2.30. The van der Waals surface area contributed by atoms with Gasteiger partial charge in [-0.1, -0.05) is 12.1 Å². The van der Waals surface area contributed by atoms with Gasteiger partial charge in [0.1, 0.15) is 23.3 Å². The molecule has 3 rings (SSSR count). The van der Waals surface area contributed by atoms with Crippen molar-refractivity contribution in [3.63, 3.8) is 0 Å². The van der Waals surface area contributed by atoms with Crippen molar-refractivity contribution in [3.05, 3.63) is 70.8 Å². The van der Waals surface area contributed by atoms with Gasteiger partial charge in [0.05, 0.1) is 13.1 Å². The van der Waals surface area contributed by atoms with Crippen LogP contribution in [0.4, 0.5) is 22.4 Å². The Hall–Kier alpha value is -2.57. The van der Waals surface area contributed by atoms with E-state index in [0.717, 1.165) is 24.3 Å². The normalized spacial score (nSPS) is 14.6. The largest absolute Gasteiger partial charge is 0.320 e. The number of amides is 2. The van der Waals surface area contributed by atoms with Gasteiger partial charge in [0.2, 0.25) is 0 Å². The molecule has 0 aliphatic carbocycles. The molecule has 126 valence electrons. The van der Waals surface area contributed by atoms with Gasteiger partial charge in [-0.05, 0) is 24.3 Å². The van der Waals surface area contributed by atoms with Crippen molar-refractivity contribution in [1.82, 2.24) is 9.80 Å². The molecule has 1 aliphatic heterocycles. The smallest absolute Gasteiger partial charge is 0.318 e. The van der Waals surface area contributed by atoms with Crippen LogP contribution in [0.15, 0.2) is 36.4 Å². The Bertz CT molecular complexity index is 677. The van der Waals surface area contributed by atoms with Crippen LogP contribution >= 0.6 is 0 Å². The molecular weight excluding hydrogens is 324 g/mol. The van der Waals surface area contributed by atoms with Gasteiger partial charge >= 0.3 is 6.03 Å². The van der Waals surface area contributed by atoms with E-state index in [9.17, 15) is 22.4 Å². The number of hydrogen-bond acceptors (Lipinski definition) is 1. The molecule has 0 saturated carbocycles. The summed E-state index contributed by atoms with van der Waals surface area (Å²) in [6.07, 6.45) is 0. The lowest BCUT2D eigenvalue weighted by Crippen LogP contribution is -2.32. The average molecular weight is 338 g/mol. The third-order valence-electron chi connectivity index (χ3n) is 4.00. The van der Waals surface area contributed by atoms with Crippen LogP contribution in [0.3, 0.4) is 0 Å². The lowest BCUT2D eigenvalue weighted by atomic mass is 10.2. The van der Waals surface area contributed by atoms with Crippen LogP contribution in [0.5, 0.6) is 0 Å². The Morgan fingerprint density at radius 2 is 1.04 bits per heavy atom. The van der Waals surface area contributed by atoms with Crippen LogP contribution in [0.1, 0.15) is 11.1 Å². The Kier molecular flexibility index (Phi) is 4.42. The van der Waals surface area contributed by atoms with E-state index in [2.05, 4.69) is 0 Å². The fourth-order valence-electron chi connectivity index (χ4n) is 2.67. The average Bonchev–Trinajstić information content (AvgIpc) is 2.87. The molecule has 3 nitrogen and oxygen atoms in total. The van der Waals surface area contributed by atoms with E-state index in [1.807, 2.05) is 0 Å². The molecule has 1 heterocycles. The summed E-state index contributed by atoms with van der Waals surface area (Å²) in [5.41, 5.74) is -0.408. The zero-order chi connectivity index (χ0) is 17.3. The predicted octanol–water partition coefficient (Wildman–Crippen LogP) is 3.68. The summed E-state index contributed by atoms with van der Waals surface area (Å²) in [5, 5.41) is 0. The lowest BCUT2D eigenvalue weighted by Gasteiger charge is -2.19. The van der Waals surface area contributed by atoms with Gasteiger partial charge in [0.15, 0.2) is 0 Å². The predicted molar refractivity (Wildman–Crippen MR) is 78.9 cm³/mol. The van der Waals surface area contributed by atoms with E-state index >= 15 is 0 Å². The van der Waals surface area contributed by atoms with Crippen molar-refractivity contribution in [2.45, 2.75) is 13.1 Å². The van der Waals surface area contributed by atoms with Gasteiger partial charge in [-0.3, -0.25) is 0 Å². The van der Waals surface area contributed by atoms with Crippen LogP contribution in [0.2, 0.25) is 0 Å².